The highest BCUT2D eigenvalue weighted by atomic mass is 35.5. The van der Waals surface area contributed by atoms with Crippen LogP contribution in [0.25, 0.3) is 0 Å². The number of rotatable bonds is 3. The van der Waals surface area contributed by atoms with Crippen molar-refractivity contribution in [2.45, 2.75) is 30.3 Å². The monoisotopic (exact) mass is 321 g/mol. The van der Waals surface area contributed by atoms with Crippen molar-refractivity contribution in [1.82, 2.24) is 14.1 Å². The van der Waals surface area contributed by atoms with Crippen LogP contribution in [0, 0.1) is 0 Å². The lowest BCUT2D eigenvalue weighted by atomic mass is 10.0. The molecule has 0 aliphatic carbocycles. The number of hydrogen-bond donors (Lipinski definition) is 2. The molecule has 0 spiro atoms. The van der Waals surface area contributed by atoms with Crippen molar-refractivity contribution in [1.29, 1.82) is 0 Å². The first-order valence-electron chi connectivity index (χ1n) is 6.06. The average molecular weight is 322 g/mol. The molecule has 8 nitrogen and oxygen atoms in total. The van der Waals surface area contributed by atoms with E-state index < -0.39 is 16.1 Å². The summed E-state index contributed by atoms with van der Waals surface area (Å²) < 4.78 is 27.8. The molecular formula is C10H16ClN5O3S. The second-order valence-corrected chi connectivity index (χ2v) is 6.79. The summed E-state index contributed by atoms with van der Waals surface area (Å²) in [5, 5.41) is 15.5. The van der Waals surface area contributed by atoms with Gasteiger partial charge in [0.2, 0.25) is 0 Å². The first-order valence-corrected chi connectivity index (χ1v) is 7.88. The third-order valence-electron chi connectivity index (χ3n) is 3.31. The molecule has 1 unspecified atom stereocenters. The summed E-state index contributed by atoms with van der Waals surface area (Å²) in [7, 11) is -2.35. The van der Waals surface area contributed by atoms with E-state index in [2.05, 4.69) is 10.3 Å². The zero-order chi connectivity index (χ0) is 14.9. The van der Waals surface area contributed by atoms with E-state index in [1.165, 1.54) is 22.2 Å². The highest BCUT2D eigenvalue weighted by molar-refractivity contribution is 7.89. The smallest absolute Gasteiger partial charge is 0.262 e. The zero-order valence-electron chi connectivity index (χ0n) is 10.9. The van der Waals surface area contributed by atoms with Gasteiger partial charge in [-0.3, -0.25) is 4.68 Å². The van der Waals surface area contributed by atoms with E-state index >= 15 is 0 Å². The summed E-state index contributed by atoms with van der Waals surface area (Å²) in [6, 6.07) is -0.662. The number of hydrogen-bond acceptors (Lipinski definition) is 5. The van der Waals surface area contributed by atoms with E-state index in [4.69, 9.17) is 22.5 Å². The quantitative estimate of drug-likeness (QED) is 0.361. The zero-order valence-corrected chi connectivity index (χ0v) is 12.5. The summed E-state index contributed by atoms with van der Waals surface area (Å²) in [5.74, 6) is -0.119. The predicted molar refractivity (Wildman–Crippen MR) is 73.2 cm³/mol. The van der Waals surface area contributed by atoms with Gasteiger partial charge in [0.1, 0.15) is 0 Å². The number of nitrogens with two attached hydrogens (primary N) is 1. The lowest BCUT2D eigenvalue weighted by Crippen LogP contribution is -2.50. The molecule has 1 fully saturated rings. The van der Waals surface area contributed by atoms with Gasteiger partial charge in [-0.05, 0) is 12.8 Å². The number of piperidine rings is 1. The minimum absolute atomic E-state index is 0.0522. The van der Waals surface area contributed by atoms with Crippen molar-refractivity contribution in [2.75, 3.05) is 6.54 Å². The van der Waals surface area contributed by atoms with Crippen molar-refractivity contribution in [3.63, 3.8) is 0 Å². The van der Waals surface area contributed by atoms with Crippen LogP contribution < -0.4 is 5.73 Å². The summed E-state index contributed by atoms with van der Waals surface area (Å²) in [4.78, 5) is 0. The molecule has 1 aliphatic rings. The summed E-state index contributed by atoms with van der Waals surface area (Å²) in [6.07, 6.45) is 3.30. The van der Waals surface area contributed by atoms with E-state index in [1.54, 1.807) is 0 Å². The molecule has 2 heterocycles. The molecular weight excluding hydrogens is 306 g/mol. The normalized spacial score (nSPS) is 22.1. The molecule has 20 heavy (non-hydrogen) atoms. The Morgan fingerprint density at radius 2 is 2.30 bits per heavy atom. The number of amidine groups is 1. The number of halogens is 1. The molecule has 1 atom stereocenters. The lowest BCUT2D eigenvalue weighted by molar-refractivity contribution is 0.280. The van der Waals surface area contributed by atoms with E-state index in [0.717, 1.165) is 6.42 Å². The van der Waals surface area contributed by atoms with Gasteiger partial charge in [-0.25, -0.2) is 8.42 Å². The maximum absolute atomic E-state index is 12.7. The van der Waals surface area contributed by atoms with Crippen LogP contribution in [-0.4, -0.2) is 46.1 Å². The number of sulfonamides is 1. The van der Waals surface area contributed by atoms with E-state index in [1.807, 2.05) is 0 Å². The van der Waals surface area contributed by atoms with Crippen LogP contribution in [-0.2, 0) is 17.1 Å². The molecule has 0 amide bonds. The van der Waals surface area contributed by atoms with Gasteiger partial charge >= 0.3 is 0 Å². The van der Waals surface area contributed by atoms with Crippen molar-refractivity contribution in [3.05, 3.63) is 11.2 Å². The molecule has 112 valence electrons. The fourth-order valence-electron chi connectivity index (χ4n) is 2.36. The number of oxime groups is 1. The van der Waals surface area contributed by atoms with Gasteiger partial charge < -0.3 is 10.9 Å². The summed E-state index contributed by atoms with van der Waals surface area (Å²) in [5.41, 5.74) is 5.60. The van der Waals surface area contributed by atoms with Crippen LogP contribution in [0.15, 0.2) is 16.4 Å². The molecule has 0 radical (unpaired) electrons. The van der Waals surface area contributed by atoms with Gasteiger partial charge in [0.05, 0.1) is 17.3 Å². The van der Waals surface area contributed by atoms with Gasteiger partial charge in [-0.1, -0.05) is 23.2 Å². The molecule has 0 bridgehead atoms. The number of aromatic nitrogens is 2. The topological polar surface area (TPSA) is 114 Å². The Balaban J connectivity index is 2.46. The third kappa shape index (κ3) is 2.48. The first kappa shape index (κ1) is 15.1. The Kier molecular flexibility index (Phi) is 4.21. The predicted octanol–water partition coefficient (Wildman–Crippen LogP) is 0.363. The number of nitrogens with zero attached hydrogens (tertiary/aromatic N) is 4. The van der Waals surface area contributed by atoms with Gasteiger partial charge in [0.15, 0.2) is 10.9 Å². The molecule has 0 saturated carbocycles. The van der Waals surface area contributed by atoms with E-state index in [0.29, 0.717) is 19.4 Å². The fraction of sp³-hybridized carbons (Fsp3) is 0.600. The Labute approximate surface area is 121 Å². The van der Waals surface area contributed by atoms with Gasteiger partial charge in [-0.2, -0.15) is 9.40 Å². The van der Waals surface area contributed by atoms with Crippen LogP contribution in [0.2, 0.25) is 5.02 Å². The maximum Gasteiger partial charge on any atom is 0.262 e. The van der Waals surface area contributed by atoms with Crippen molar-refractivity contribution in [3.8, 4) is 0 Å². The third-order valence-corrected chi connectivity index (χ3v) is 5.72. The molecule has 3 N–H and O–H groups in total. The Bertz CT molecular complexity index is 607. The van der Waals surface area contributed by atoms with Gasteiger partial charge in [-0.15, -0.1) is 0 Å². The van der Waals surface area contributed by atoms with Crippen LogP contribution >= 0.6 is 11.6 Å². The molecule has 1 aliphatic heterocycles. The van der Waals surface area contributed by atoms with Crippen LogP contribution in [0.5, 0.6) is 0 Å². The van der Waals surface area contributed by atoms with Crippen LogP contribution in [0.1, 0.15) is 19.3 Å². The van der Waals surface area contributed by atoms with Crippen molar-refractivity contribution >= 4 is 27.5 Å². The fourth-order valence-corrected chi connectivity index (χ4v) is 4.63. The van der Waals surface area contributed by atoms with Crippen LogP contribution in [0.4, 0.5) is 0 Å². The Morgan fingerprint density at radius 3 is 2.85 bits per heavy atom. The van der Waals surface area contributed by atoms with E-state index in [-0.39, 0.29) is 15.9 Å². The molecule has 1 aromatic rings. The molecule has 1 saturated heterocycles. The van der Waals surface area contributed by atoms with Crippen LogP contribution in [0.3, 0.4) is 0 Å². The second kappa shape index (κ2) is 5.58. The highest BCUT2D eigenvalue weighted by Gasteiger charge is 2.38. The second-order valence-electron chi connectivity index (χ2n) is 4.57. The maximum atomic E-state index is 12.7. The van der Waals surface area contributed by atoms with Crippen molar-refractivity contribution in [2.24, 2.45) is 17.9 Å². The molecule has 10 heteroatoms. The lowest BCUT2D eigenvalue weighted by Gasteiger charge is -2.33. The summed E-state index contributed by atoms with van der Waals surface area (Å²) in [6.45, 7) is 0.296. The minimum atomic E-state index is -3.85. The van der Waals surface area contributed by atoms with Gasteiger partial charge in [0, 0.05) is 13.6 Å². The number of aryl methyl sites for hydroxylation is 1. The Hall–Kier alpha value is -1.32. The molecule has 2 rings (SSSR count). The SMILES string of the molecule is Cn1ncc(Cl)c1S(=O)(=O)N1CCCCC1C(N)=NO. The largest absolute Gasteiger partial charge is 0.409 e. The standard InChI is InChI=1S/C10H16ClN5O3S/c1-15-10(7(11)6-13-15)20(18,19)16-5-3-2-4-8(16)9(12)14-17/h6,8,17H,2-5H2,1H3,(H2,12,14). The minimum Gasteiger partial charge on any atom is -0.409 e. The molecule has 1 aromatic heterocycles. The van der Waals surface area contributed by atoms with Crippen molar-refractivity contribution < 1.29 is 13.6 Å². The van der Waals surface area contributed by atoms with E-state index in [9.17, 15) is 8.42 Å². The summed E-state index contributed by atoms with van der Waals surface area (Å²) >= 11 is 5.91. The average Bonchev–Trinajstić information content (AvgIpc) is 2.77. The van der Waals surface area contributed by atoms with Gasteiger partial charge in [0.25, 0.3) is 10.0 Å². The molecule has 0 aromatic carbocycles. The first-order chi connectivity index (χ1) is 9.39. The Morgan fingerprint density at radius 1 is 1.60 bits per heavy atom. The highest BCUT2D eigenvalue weighted by Crippen LogP contribution is 2.29.